The lowest BCUT2D eigenvalue weighted by Crippen LogP contribution is -2.31. The van der Waals surface area contributed by atoms with Crippen molar-refractivity contribution in [3.63, 3.8) is 0 Å². The molecule has 4 nitrogen and oxygen atoms in total. The molecular formula is C12H16F2N2O2S2. The number of halogens is 2. The molecule has 1 aliphatic heterocycles. The summed E-state index contributed by atoms with van der Waals surface area (Å²) in [6.45, 7) is 0.235. The second kappa shape index (κ2) is 6.28. The van der Waals surface area contributed by atoms with Gasteiger partial charge in [-0.1, -0.05) is 0 Å². The van der Waals surface area contributed by atoms with Gasteiger partial charge in [-0.25, -0.2) is 21.9 Å². The average Bonchev–Trinajstić information content (AvgIpc) is 2.42. The van der Waals surface area contributed by atoms with Crippen LogP contribution in [0.15, 0.2) is 17.0 Å². The minimum atomic E-state index is -4.09. The van der Waals surface area contributed by atoms with Gasteiger partial charge < -0.3 is 5.73 Å². The summed E-state index contributed by atoms with van der Waals surface area (Å²) in [4.78, 5) is -0.736. The van der Waals surface area contributed by atoms with Crippen molar-refractivity contribution in [3.05, 3.63) is 23.8 Å². The fourth-order valence-corrected chi connectivity index (χ4v) is 4.47. The standard InChI is InChI=1S/C12H16F2N2O2S2/c13-10-5-9(15)6-11(12(10)14)20(17,18)16-7-8-1-3-19-4-2-8/h5-6,8,16H,1-4,7,15H2. The molecule has 0 aliphatic carbocycles. The Hall–Kier alpha value is -0.860. The van der Waals surface area contributed by atoms with Gasteiger partial charge >= 0.3 is 0 Å². The molecule has 3 N–H and O–H groups in total. The normalized spacial score (nSPS) is 17.3. The van der Waals surface area contributed by atoms with Crippen molar-refractivity contribution in [1.29, 1.82) is 0 Å². The molecular weight excluding hydrogens is 306 g/mol. The summed E-state index contributed by atoms with van der Waals surface area (Å²) in [7, 11) is -4.09. The molecule has 2 rings (SSSR count). The topological polar surface area (TPSA) is 72.2 Å². The molecule has 1 aromatic rings. The number of nitrogens with two attached hydrogens (primary N) is 1. The van der Waals surface area contributed by atoms with Crippen LogP contribution in [0.1, 0.15) is 12.8 Å². The fourth-order valence-electron chi connectivity index (χ4n) is 2.04. The van der Waals surface area contributed by atoms with Gasteiger partial charge in [0.25, 0.3) is 0 Å². The Labute approximate surface area is 121 Å². The highest BCUT2D eigenvalue weighted by atomic mass is 32.2. The highest BCUT2D eigenvalue weighted by molar-refractivity contribution is 7.99. The van der Waals surface area contributed by atoms with Crippen molar-refractivity contribution in [1.82, 2.24) is 4.72 Å². The van der Waals surface area contributed by atoms with Gasteiger partial charge in [-0.05, 0) is 42.4 Å². The average molecular weight is 322 g/mol. The maximum Gasteiger partial charge on any atom is 0.243 e. The first-order chi connectivity index (χ1) is 9.40. The molecule has 0 unspecified atom stereocenters. The van der Waals surface area contributed by atoms with E-state index in [1.54, 1.807) is 0 Å². The number of hydrogen-bond donors (Lipinski definition) is 2. The van der Waals surface area contributed by atoms with Crippen LogP contribution in [0.3, 0.4) is 0 Å². The third-order valence-electron chi connectivity index (χ3n) is 3.21. The maximum absolute atomic E-state index is 13.6. The van der Waals surface area contributed by atoms with Gasteiger partial charge in [-0.15, -0.1) is 0 Å². The highest BCUT2D eigenvalue weighted by Crippen LogP contribution is 2.24. The van der Waals surface area contributed by atoms with Crippen molar-refractivity contribution in [2.75, 3.05) is 23.8 Å². The number of nitrogen functional groups attached to an aromatic ring is 1. The minimum Gasteiger partial charge on any atom is -0.399 e. The van der Waals surface area contributed by atoms with E-state index in [-0.39, 0.29) is 18.2 Å². The molecule has 0 spiro atoms. The van der Waals surface area contributed by atoms with Crippen molar-refractivity contribution >= 4 is 27.5 Å². The molecule has 1 aliphatic rings. The second-order valence-electron chi connectivity index (χ2n) is 4.72. The van der Waals surface area contributed by atoms with Crippen LogP contribution in [0.5, 0.6) is 0 Å². The van der Waals surface area contributed by atoms with E-state index in [9.17, 15) is 17.2 Å². The van der Waals surface area contributed by atoms with Gasteiger partial charge in [0.1, 0.15) is 4.90 Å². The van der Waals surface area contributed by atoms with Crippen LogP contribution >= 0.6 is 11.8 Å². The lowest BCUT2D eigenvalue weighted by Gasteiger charge is -2.21. The lowest BCUT2D eigenvalue weighted by atomic mass is 10.0. The number of sulfonamides is 1. The van der Waals surface area contributed by atoms with E-state index in [0.29, 0.717) is 0 Å². The number of anilines is 1. The molecule has 0 saturated carbocycles. The first-order valence-corrected chi connectivity index (χ1v) is 8.86. The molecule has 20 heavy (non-hydrogen) atoms. The summed E-state index contributed by atoms with van der Waals surface area (Å²) < 4.78 is 53.2. The van der Waals surface area contributed by atoms with E-state index in [0.717, 1.165) is 36.5 Å². The summed E-state index contributed by atoms with van der Waals surface area (Å²) in [6, 6.07) is 1.68. The Morgan fingerprint density at radius 2 is 1.95 bits per heavy atom. The number of rotatable bonds is 4. The van der Waals surface area contributed by atoms with E-state index >= 15 is 0 Å². The van der Waals surface area contributed by atoms with E-state index in [1.165, 1.54) is 0 Å². The van der Waals surface area contributed by atoms with Crippen LogP contribution in [0.2, 0.25) is 0 Å². The molecule has 1 heterocycles. The summed E-state index contributed by atoms with van der Waals surface area (Å²) in [5.41, 5.74) is 5.24. The molecule has 0 radical (unpaired) electrons. The van der Waals surface area contributed by atoms with Crippen LogP contribution in [-0.2, 0) is 10.0 Å². The Morgan fingerprint density at radius 1 is 1.30 bits per heavy atom. The largest absolute Gasteiger partial charge is 0.399 e. The molecule has 0 aromatic heterocycles. The van der Waals surface area contributed by atoms with Gasteiger partial charge in [0, 0.05) is 12.2 Å². The molecule has 0 bridgehead atoms. The molecule has 112 valence electrons. The third kappa shape index (κ3) is 3.62. The van der Waals surface area contributed by atoms with E-state index in [1.807, 2.05) is 11.8 Å². The zero-order valence-electron chi connectivity index (χ0n) is 10.7. The predicted molar refractivity (Wildman–Crippen MR) is 76.0 cm³/mol. The van der Waals surface area contributed by atoms with Gasteiger partial charge in [0.05, 0.1) is 0 Å². The summed E-state index contributed by atoms with van der Waals surface area (Å²) >= 11 is 1.83. The van der Waals surface area contributed by atoms with Crippen molar-refractivity contribution < 1.29 is 17.2 Å². The quantitative estimate of drug-likeness (QED) is 0.831. The zero-order valence-corrected chi connectivity index (χ0v) is 12.4. The lowest BCUT2D eigenvalue weighted by molar-refractivity contribution is 0.467. The molecule has 1 fully saturated rings. The third-order valence-corrected chi connectivity index (χ3v) is 5.68. The smallest absolute Gasteiger partial charge is 0.243 e. The Kier molecular flexibility index (Phi) is 4.87. The van der Waals surface area contributed by atoms with Crippen molar-refractivity contribution in [2.24, 2.45) is 5.92 Å². The number of thioether (sulfide) groups is 1. The van der Waals surface area contributed by atoms with Crippen LogP contribution in [-0.4, -0.2) is 26.5 Å². The predicted octanol–water partition coefficient (Wildman–Crippen LogP) is 1.97. The van der Waals surface area contributed by atoms with Crippen LogP contribution in [0, 0.1) is 17.6 Å². The first kappa shape index (κ1) is 15.5. The van der Waals surface area contributed by atoms with Crippen molar-refractivity contribution in [2.45, 2.75) is 17.7 Å². The van der Waals surface area contributed by atoms with Gasteiger partial charge in [0.2, 0.25) is 10.0 Å². The van der Waals surface area contributed by atoms with Gasteiger partial charge in [-0.3, -0.25) is 0 Å². The van der Waals surface area contributed by atoms with Crippen LogP contribution in [0.25, 0.3) is 0 Å². The van der Waals surface area contributed by atoms with Gasteiger partial charge in [-0.2, -0.15) is 11.8 Å². The van der Waals surface area contributed by atoms with Crippen LogP contribution < -0.4 is 10.5 Å². The van der Waals surface area contributed by atoms with Crippen molar-refractivity contribution in [3.8, 4) is 0 Å². The highest BCUT2D eigenvalue weighted by Gasteiger charge is 2.24. The SMILES string of the molecule is Nc1cc(F)c(F)c(S(=O)(=O)NCC2CCSCC2)c1. The molecule has 8 heteroatoms. The molecule has 0 amide bonds. The minimum absolute atomic E-state index is 0.127. The summed E-state index contributed by atoms with van der Waals surface area (Å²) in [5, 5.41) is 0. The van der Waals surface area contributed by atoms with E-state index in [2.05, 4.69) is 4.72 Å². The van der Waals surface area contributed by atoms with Crippen LogP contribution in [0.4, 0.5) is 14.5 Å². The summed E-state index contributed by atoms with van der Waals surface area (Å²) in [5.74, 6) is -0.438. The fraction of sp³-hybridized carbons (Fsp3) is 0.500. The molecule has 1 aromatic carbocycles. The maximum atomic E-state index is 13.6. The Bertz CT molecular complexity index is 587. The number of hydrogen-bond acceptors (Lipinski definition) is 4. The van der Waals surface area contributed by atoms with Gasteiger partial charge in [0.15, 0.2) is 11.6 Å². The number of nitrogens with one attached hydrogen (secondary N) is 1. The molecule has 1 saturated heterocycles. The zero-order chi connectivity index (χ0) is 14.8. The van der Waals surface area contributed by atoms with E-state index in [4.69, 9.17) is 5.73 Å². The number of benzene rings is 1. The first-order valence-electron chi connectivity index (χ1n) is 6.22. The summed E-state index contributed by atoms with van der Waals surface area (Å²) in [6.07, 6.45) is 1.84. The second-order valence-corrected chi connectivity index (χ2v) is 7.68. The Balaban J connectivity index is 2.14. The Morgan fingerprint density at radius 3 is 2.60 bits per heavy atom. The van der Waals surface area contributed by atoms with E-state index < -0.39 is 26.6 Å². The molecule has 0 atom stereocenters. The monoisotopic (exact) mass is 322 g/mol.